The van der Waals surface area contributed by atoms with E-state index in [0.29, 0.717) is 17.2 Å². The maximum absolute atomic E-state index is 14.3. The van der Waals surface area contributed by atoms with Crippen molar-refractivity contribution in [2.75, 3.05) is 24.7 Å². The first-order valence-corrected chi connectivity index (χ1v) is 12.2. The number of aliphatic hydroxyl groups is 1. The second-order valence-corrected chi connectivity index (χ2v) is 10.6. The first-order valence-electron chi connectivity index (χ1n) is 9.59. The van der Waals surface area contributed by atoms with Crippen LogP contribution in [-0.4, -0.2) is 55.2 Å². The Hall–Kier alpha value is -1.38. The lowest BCUT2D eigenvalue weighted by Gasteiger charge is -2.30. The first kappa shape index (κ1) is 23.3. The van der Waals surface area contributed by atoms with Crippen molar-refractivity contribution in [1.82, 2.24) is 4.90 Å². The van der Waals surface area contributed by atoms with Crippen LogP contribution >= 0.6 is 23.2 Å². The Morgan fingerprint density at radius 1 is 1.27 bits per heavy atom. The zero-order valence-electron chi connectivity index (χ0n) is 16.5. The monoisotopic (exact) mass is 475 g/mol. The van der Waals surface area contributed by atoms with Gasteiger partial charge in [0, 0.05) is 34.7 Å². The van der Waals surface area contributed by atoms with Crippen molar-refractivity contribution in [3.63, 3.8) is 0 Å². The third kappa shape index (κ3) is 6.08. The standard InChI is InChI=1S/C21H24Cl2FNO4S/c1-14-9-17(5-6-19(14)22)29-12-16(26)10-25(15-7-8-30(27,28)13-15)11-18-20(23)3-2-4-21(18)24/h2-6,9,15-16,26H,7-8,10-13H2,1H3. The number of benzene rings is 2. The second-order valence-electron chi connectivity index (χ2n) is 7.56. The van der Waals surface area contributed by atoms with Gasteiger partial charge in [-0.3, -0.25) is 4.90 Å². The van der Waals surface area contributed by atoms with Crippen molar-refractivity contribution in [2.24, 2.45) is 0 Å². The summed E-state index contributed by atoms with van der Waals surface area (Å²) in [6, 6.07) is 9.30. The van der Waals surface area contributed by atoms with E-state index < -0.39 is 21.8 Å². The molecule has 2 aromatic carbocycles. The quantitative estimate of drug-likeness (QED) is 0.627. The Morgan fingerprint density at radius 2 is 2.03 bits per heavy atom. The summed E-state index contributed by atoms with van der Waals surface area (Å²) in [7, 11) is -3.15. The van der Waals surface area contributed by atoms with Crippen LogP contribution in [0.2, 0.25) is 10.0 Å². The number of halogens is 3. The number of hydrogen-bond acceptors (Lipinski definition) is 5. The van der Waals surface area contributed by atoms with Crippen LogP contribution in [0.4, 0.5) is 4.39 Å². The van der Waals surface area contributed by atoms with E-state index in [1.54, 1.807) is 29.2 Å². The van der Waals surface area contributed by atoms with Crippen LogP contribution in [0.25, 0.3) is 0 Å². The van der Waals surface area contributed by atoms with Crippen molar-refractivity contribution < 1.29 is 22.7 Å². The van der Waals surface area contributed by atoms with Gasteiger partial charge >= 0.3 is 0 Å². The molecule has 2 aromatic rings. The zero-order chi connectivity index (χ0) is 21.9. The van der Waals surface area contributed by atoms with Crippen LogP contribution in [0, 0.1) is 12.7 Å². The second kappa shape index (κ2) is 9.83. The molecule has 9 heteroatoms. The molecular formula is C21H24Cl2FNO4S. The fourth-order valence-electron chi connectivity index (χ4n) is 3.52. The average molecular weight is 476 g/mol. The third-order valence-electron chi connectivity index (χ3n) is 5.16. The van der Waals surface area contributed by atoms with E-state index >= 15 is 0 Å². The van der Waals surface area contributed by atoms with Crippen LogP contribution in [0.5, 0.6) is 5.75 Å². The molecule has 1 aliphatic rings. The number of rotatable bonds is 8. The molecule has 2 unspecified atom stereocenters. The summed E-state index contributed by atoms with van der Waals surface area (Å²) in [6.07, 6.45) is -0.479. The van der Waals surface area contributed by atoms with Gasteiger partial charge in [-0.25, -0.2) is 12.8 Å². The van der Waals surface area contributed by atoms with Crippen LogP contribution in [0.1, 0.15) is 17.5 Å². The minimum absolute atomic E-state index is 0.00203. The van der Waals surface area contributed by atoms with Crippen LogP contribution < -0.4 is 4.74 Å². The fourth-order valence-corrected chi connectivity index (χ4v) is 5.62. The molecule has 0 saturated carbocycles. The number of aryl methyl sites for hydroxylation is 1. The molecule has 0 aromatic heterocycles. The molecule has 0 radical (unpaired) electrons. The van der Waals surface area contributed by atoms with E-state index in [2.05, 4.69) is 0 Å². The molecule has 164 valence electrons. The average Bonchev–Trinajstić information content (AvgIpc) is 3.04. The van der Waals surface area contributed by atoms with Gasteiger partial charge in [0.2, 0.25) is 0 Å². The summed E-state index contributed by atoms with van der Waals surface area (Å²) >= 11 is 12.2. The molecule has 1 heterocycles. The Morgan fingerprint density at radius 3 is 2.67 bits per heavy atom. The molecule has 1 saturated heterocycles. The van der Waals surface area contributed by atoms with Crippen LogP contribution in [0.3, 0.4) is 0 Å². The van der Waals surface area contributed by atoms with Gasteiger partial charge in [0.25, 0.3) is 0 Å². The van der Waals surface area contributed by atoms with Gasteiger partial charge in [-0.15, -0.1) is 0 Å². The van der Waals surface area contributed by atoms with Gasteiger partial charge in [0.1, 0.15) is 24.3 Å². The molecule has 1 fully saturated rings. The molecule has 2 atom stereocenters. The highest BCUT2D eigenvalue weighted by atomic mass is 35.5. The minimum atomic E-state index is -3.15. The van der Waals surface area contributed by atoms with Gasteiger partial charge in [-0.1, -0.05) is 29.3 Å². The SMILES string of the molecule is Cc1cc(OCC(O)CN(Cc2c(F)cccc2Cl)C2CCS(=O)(=O)C2)ccc1Cl. The number of sulfone groups is 1. The maximum atomic E-state index is 14.3. The van der Waals surface area contributed by atoms with Gasteiger partial charge in [-0.05, 0) is 49.2 Å². The molecule has 30 heavy (non-hydrogen) atoms. The summed E-state index contributed by atoms with van der Waals surface area (Å²) in [5.74, 6) is 0.164. The number of ether oxygens (including phenoxy) is 1. The molecule has 0 spiro atoms. The lowest BCUT2D eigenvalue weighted by molar-refractivity contribution is 0.0520. The van der Waals surface area contributed by atoms with E-state index in [1.165, 1.54) is 12.1 Å². The molecule has 1 aliphatic heterocycles. The summed E-state index contributed by atoms with van der Waals surface area (Å²) in [6.45, 7) is 2.08. The molecule has 0 amide bonds. The summed E-state index contributed by atoms with van der Waals surface area (Å²) in [4.78, 5) is 1.77. The normalized spacial score (nSPS) is 19.2. The molecular weight excluding hydrogens is 452 g/mol. The predicted molar refractivity (Wildman–Crippen MR) is 117 cm³/mol. The van der Waals surface area contributed by atoms with Gasteiger partial charge in [-0.2, -0.15) is 0 Å². The van der Waals surface area contributed by atoms with Crippen molar-refractivity contribution in [1.29, 1.82) is 0 Å². The lowest BCUT2D eigenvalue weighted by atomic mass is 10.1. The van der Waals surface area contributed by atoms with Crippen molar-refractivity contribution >= 4 is 33.0 Å². The Balaban J connectivity index is 1.70. The van der Waals surface area contributed by atoms with Gasteiger partial charge < -0.3 is 9.84 Å². The van der Waals surface area contributed by atoms with Crippen molar-refractivity contribution in [2.45, 2.75) is 32.0 Å². The molecule has 0 aliphatic carbocycles. The topological polar surface area (TPSA) is 66.8 Å². The van der Waals surface area contributed by atoms with E-state index in [4.69, 9.17) is 27.9 Å². The first-order chi connectivity index (χ1) is 14.1. The van der Waals surface area contributed by atoms with E-state index in [0.717, 1.165) is 5.56 Å². The molecule has 0 bridgehead atoms. The Labute approximate surface area is 186 Å². The largest absolute Gasteiger partial charge is 0.491 e. The fraction of sp³-hybridized carbons (Fsp3) is 0.429. The summed E-state index contributed by atoms with van der Waals surface area (Å²) in [5, 5.41) is 11.4. The lowest BCUT2D eigenvalue weighted by Crippen LogP contribution is -2.42. The van der Waals surface area contributed by atoms with Crippen molar-refractivity contribution in [3.05, 3.63) is 63.4 Å². The summed E-state index contributed by atoms with van der Waals surface area (Å²) < 4.78 is 43.9. The zero-order valence-corrected chi connectivity index (χ0v) is 18.9. The number of hydrogen-bond donors (Lipinski definition) is 1. The highest BCUT2D eigenvalue weighted by Gasteiger charge is 2.33. The Kier molecular flexibility index (Phi) is 7.63. The van der Waals surface area contributed by atoms with E-state index in [9.17, 15) is 17.9 Å². The predicted octanol–water partition coefficient (Wildman–Crippen LogP) is 3.87. The van der Waals surface area contributed by atoms with E-state index in [1.807, 2.05) is 6.92 Å². The highest BCUT2D eigenvalue weighted by molar-refractivity contribution is 7.91. The number of nitrogens with zero attached hydrogens (tertiary/aromatic N) is 1. The molecule has 5 nitrogen and oxygen atoms in total. The molecule has 3 rings (SSSR count). The third-order valence-corrected chi connectivity index (χ3v) is 7.69. The number of aliphatic hydroxyl groups excluding tert-OH is 1. The smallest absolute Gasteiger partial charge is 0.151 e. The maximum Gasteiger partial charge on any atom is 0.151 e. The highest BCUT2D eigenvalue weighted by Crippen LogP contribution is 2.26. The van der Waals surface area contributed by atoms with Crippen molar-refractivity contribution in [3.8, 4) is 5.75 Å². The minimum Gasteiger partial charge on any atom is -0.491 e. The van der Waals surface area contributed by atoms with Crippen LogP contribution in [0.15, 0.2) is 36.4 Å². The van der Waals surface area contributed by atoms with E-state index in [-0.39, 0.29) is 47.8 Å². The summed E-state index contributed by atoms with van der Waals surface area (Å²) in [5.41, 5.74) is 1.14. The van der Waals surface area contributed by atoms with Crippen LogP contribution in [-0.2, 0) is 16.4 Å². The molecule has 1 N–H and O–H groups in total. The van der Waals surface area contributed by atoms with Gasteiger partial charge in [0.15, 0.2) is 9.84 Å². The van der Waals surface area contributed by atoms with Gasteiger partial charge in [0.05, 0.1) is 11.5 Å². The Bertz CT molecular complexity index is 982.